The van der Waals surface area contributed by atoms with Crippen LogP contribution in [0.25, 0.3) is 0 Å². The topological polar surface area (TPSA) is 48.7 Å². The van der Waals surface area contributed by atoms with Gasteiger partial charge in [-0.3, -0.25) is 9.69 Å². The quantitative estimate of drug-likeness (QED) is 0.644. The van der Waals surface area contributed by atoms with Crippen molar-refractivity contribution in [2.24, 2.45) is 0 Å². The average molecular weight is 429 g/mol. The van der Waals surface area contributed by atoms with Crippen molar-refractivity contribution in [2.45, 2.75) is 6.04 Å². The molecule has 1 atom stereocenters. The molecule has 1 N–H and O–H groups in total. The number of rotatable bonds is 6. The van der Waals surface area contributed by atoms with Crippen LogP contribution in [0.15, 0.2) is 65.3 Å². The van der Waals surface area contributed by atoms with Gasteiger partial charge in [0.1, 0.15) is 11.6 Å². The number of carbonyl (C=O) groups excluding carboxylic acids is 1. The zero-order valence-corrected chi connectivity index (χ0v) is 16.7. The fraction of sp³-hybridized carbons (Fsp3) is 0.261. The molecule has 31 heavy (non-hydrogen) atoms. The van der Waals surface area contributed by atoms with Gasteiger partial charge in [-0.15, -0.1) is 0 Å². The predicted molar refractivity (Wildman–Crippen MR) is 110 cm³/mol. The highest BCUT2D eigenvalue weighted by Crippen LogP contribution is 2.24. The largest absolute Gasteiger partial charge is 0.468 e. The third-order valence-corrected chi connectivity index (χ3v) is 5.46. The summed E-state index contributed by atoms with van der Waals surface area (Å²) in [5.41, 5.74) is 1.01. The van der Waals surface area contributed by atoms with Crippen LogP contribution in [-0.2, 0) is 0 Å². The van der Waals surface area contributed by atoms with E-state index in [2.05, 4.69) is 15.1 Å². The van der Waals surface area contributed by atoms with Crippen molar-refractivity contribution in [3.8, 4) is 0 Å². The Labute approximate surface area is 178 Å². The maximum Gasteiger partial charge on any atom is 0.251 e. The van der Waals surface area contributed by atoms with Crippen LogP contribution in [0.3, 0.4) is 0 Å². The molecule has 2 heterocycles. The van der Waals surface area contributed by atoms with Gasteiger partial charge in [-0.25, -0.2) is 13.2 Å². The number of hydrogen-bond donors (Lipinski definition) is 1. The summed E-state index contributed by atoms with van der Waals surface area (Å²) < 4.78 is 45.3. The minimum Gasteiger partial charge on any atom is -0.468 e. The lowest BCUT2D eigenvalue weighted by Crippen LogP contribution is -2.49. The van der Waals surface area contributed by atoms with E-state index in [1.807, 2.05) is 6.07 Å². The van der Waals surface area contributed by atoms with Gasteiger partial charge < -0.3 is 14.6 Å². The summed E-state index contributed by atoms with van der Waals surface area (Å²) in [6.45, 7) is 3.15. The van der Waals surface area contributed by atoms with E-state index in [1.54, 1.807) is 24.5 Å². The summed E-state index contributed by atoms with van der Waals surface area (Å²) in [4.78, 5) is 16.8. The molecule has 0 aliphatic carbocycles. The summed E-state index contributed by atoms with van der Waals surface area (Å²) >= 11 is 0. The third kappa shape index (κ3) is 4.91. The number of carbonyl (C=O) groups is 1. The highest BCUT2D eigenvalue weighted by molar-refractivity contribution is 5.94. The van der Waals surface area contributed by atoms with Crippen LogP contribution in [0, 0.1) is 17.5 Å². The summed E-state index contributed by atoms with van der Waals surface area (Å²) in [7, 11) is 0. The Morgan fingerprint density at radius 2 is 1.71 bits per heavy atom. The Hall–Kier alpha value is -3.26. The second-order valence-electron chi connectivity index (χ2n) is 7.37. The van der Waals surface area contributed by atoms with Crippen LogP contribution >= 0.6 is 0 Å². The summed E-state index contributed by atoms with van der Waals surface area (Å²) in [5, 5.41) is 2.80. The van der Waals surface area contributed by atoms with Gasteiger partial charge in [0.05, 0.1) is 12.3 Å². The molecule has 0 radical (unpaired) electrons. The molecule has 1 fully saturated rings. The van der Waals surface area contributed by atoms with Gasteiger partial charge in [-0.1, -0.05) is 0 Å². The maximum atomic E-state index is 13.4. The van der Waals surface area contributed by atoms with Gasteiger partial charge in [0.2, 0.25) is 0 Å². The SMILES string of the molecule is O=C(NC[C@H](c1ccco1)N1CCN(c2ccc(F)cc2)CC1)c1ccc(F)c(F)c1. The first kappa shape index (κ1) is 21.0. The van der Waals surface area contributed by atoms with Crippen LogP contribution in [-0.4, -0.2) is 43.5 Å². The van der Waals surface area contributed by atoms with Crippen molar-refractivity contribution in [2.75, 3.05) is 37.6 Å². The van der Waals surface area contributed by atoms with Gasteiger partial charge in [0.15, 0.2) is 11.6 Å². The molecule has 0 spiro atoms. The van der Waals surface area contributed by atoms with E-state index in [1.165, 1.54) is 18.2 Å². The lowest BCUT2D eigenvalue weighted by atomic mass is 10.1. The lowest BCUT2D eigenvalue weighted by molar-refractivity contribution is 0.0922. The highest BCUT2D eigenvalue weighted by atomic mass is 19.2. The molecule has 3 aromatic rings. The van der Waals surface area contributed by atoms with Crippen molar-refractivity contribution >= 4 is 11.6 Å². The van der Waals surface area contributed by atoms with Gasteiger partial charge in [0, 0.05) is 44.0 Å². The van der Waals surface area contributed by atoms with E-state index in [9.17, 15) is 18.0 Å². The molecule has 2 aromatic carbocycles. The first-order chi connectivity index (χ1) is 15.0. The van der Waals surface area contributed by atoms with Gasteiger partial charge >= 0.3 is 0 Å². The zero-order valence-electron chi connectivity index (χ0n) is 16.7. The molecule has 1 amide bonds. The molecule has 0 unspecified atom stereocenters. The molecular formula is C23H22F3N3O2. The minimum absolute atomic E-state index is 0.0539. The monoisotopic (exact) mass is 429 g/mol. The number of benzene rings is 2. The Kier molecular flexibility index (Phi) is 6.27. The third-order valence-electron chi connectivity index (χ3n) is 5.46. The van der Waals surface area contributed by atoms with E-state index in [0.29, 0.717) is 18.8 Å². The van der Waals surface area contributed by atoms with E-state index in [0.717, 1.165) is 30.9 Å². The normalized spacial score (nSPS) is 15.6. The number of nitrogens with one attached hydrogen (secondary N) is 1. The number of hydrogen-bond acceptors (Lipinski definition) is 4. The van der Waals surface area contributed by atoms with E-state index in [4.69, 9.17) is 4.42 Å². The Balaban J connectivity index is 1.41. The van der Waals surface area contributed by atoms with Crippen LogP contribution in [0.4, 0.5) is 18.9 Å². The second-order valence-corrected chi connectivity index (χ2v) is 7.37. The van der Waals surface area contributed by atoms with Crippen molar-refractivity contribution < 1.29 is 22.4 Å². The molecule has 8 heteroatoms. The molecule has 1 saturated heterocycles. The molecule has 1 aromatic heterocycles. The first-order valence-corrected chi connectivity index (χ1v) is 10.0. The molecule has 4 rings (SSSR count). The fourth-order valence-corrected chi connectivity index (χ4v) is 3.76. The highest BCUT2D eigenvalue weighted by Gasteiger charge is 2.27. The van der Waals surface area contributed by atoms with E-state index in [-0.39, 0.29) is 24.0 Å². The van der Waals surface area contributed by atoms with Crippen LogP contribution in [0.5, 0.6) is 0 Å². The summed E-state index contributed by atoms with van der Waals surface area (Å²) in [6.07, 6.45) is 1.58. The Morgan fingerprint density at radius 3 is 2.35 bits per heavy atom. The number of nitrogens with zero attached hydrogens (tertiary/aromatic N) is 2. The van der Waals surface area contributed by atoms with Gasteiger partial charge in [0.25, 0.3) is 5.91 Å². The first-order valence-electron chi connectivity index (χ1n) is 10.0. The maximum absolute atomic E-state index is 13.4. The van der Waals surface area contributed by atoms with Gasteiger partial charge in [-0.05, 0) is 54.6 Å². The smallest absolute Gasteiger partial charge is 0.251 e. The minimum atomic E-state index is -1.06. The summed E-state index contributed by atoms with van der Waals surface area (Å²) in [6, 6.07) is 12.9. The molecule has 1 aliphatic heterocycles. The van der Waals surface area contributed by atoms with Crippen LogP contribution in [0.2, 0.25) is 0 Å². The molecule has 0 bridgehead atoms. The van der Waals surface area contributed by atoms with E-state index < -0.39 is 17.5 Å². The van der Waals surface area contributed by atoms with Crippen molar-refractivity contribution in [1.82, 2.24) is 10.2 Å². The second kappa shape index (κ2) is 9.26. The van der Waals surface area contributed by atoms with E-state index >= 15 is 0 Å². The molecule has 162 valence electrons. The predicted octanol–water partition coefficient (Wildman–Crippen LogP) is 3.99. The molecule has 1 aliphatic rings. The number of halogens is 3. The standard InChI is InChI=1S/C23H22F3N3O2/c24-17-4-6-18(7-5-17)28-9-11-29(12-10-28)21(22-2-1-13-31-22)15-27-23(30)16-3-8-19(25)20(26)14-16/h1-8,13-14,21H,9-12,15H2,(H,27,30)/t21-/m1/s1. The number of piperazine rings is 1. The number of furan rings is 1. The van der Waals surface area contributed by atoms with Gasteiger partial charge in [-0.2, -0.15) is 0 Å². The van der Waals surface area contributed by atoms with Crippen LogP contribution < -0.4 is 10.2 Å². The molecule has 5 nitrogen and oxygen atoms in total. The summed E-state index contributed by atoms with van der Waals surface area (Å²) in [5.74, 6) is -2.10. The Bertz CT molecular complexity index is 1020. The number of amides is 1. The van der Waals surface area contributed by atoms with Crippen molar-refractivity contribution in [3.63, 3.8) is 0 Å². The molecular weight excluding hydrogens is 407 g/mol. The van der Waals surface area contributed by atoms with Crippen LogP contribution in [0.1, 0.15) is 22.2 Å². The fourth-order valence-electron chi connectivity index (χ4n) is 3.76. The Morgan fingerprint density at radius 1 is 0.968 bits per heavy atom. The van der Waals surface area contributed by atoms with Crippen molar-refractivity contribution in [1.29, 1.82) is 0 Å². The zero-order chi connectivity index (χ0) is 21.8. The molecule has 0 saturated carbocycles. The lowest BCUT2D eigenvalue weighted by Gasteiger charge is -2.39. The average Bonchev–Trinajstić information content (AvgIpc) is 3.31. The number of anilines is 1. The van der Waals surface area contributed by atoms with Crippen molar-refractivity contribution in [3.05, 3.63) is 89.6 Å².